The van der Waals surface area contributed by atoms with Crippen molar-refractivity contribution in [3.63, 3.8) is 0 Å². The van der Waals surface area contributed by atoms with Gasteiger partial charge in [-0.25, -0.2) is 19.6 Å². The van der Waals surface area contributed by atoms with Crippen LogP contribution >= 0.6 is 0 Å². The van der Waals surface area contributed by atoms with Crippen molar-refractivity contribution in [3.05, 3.63) is 0 Å². The van der Waals surface area contributed by atoms with Crippen molar-refractivity contribution in [2.75, 3.05) is 0 Å². The summed E-state index contributed by atoms with van der Waals surface area (Å²) in [7, 11) is 0. The third kappa shape index (κ3) is 0.906. The lowest BCUT2D eigenvalue weighted by molar-refractivity contribution is 0.00567. The highest BCUT2D eigenvalue weighted by atomic mass is 16.2. The van der Waals surface area contributed by atoms with Crippen molar-refractivity contribution >= 4 is 12.1 Å². The monoisotopic (exact) mass is 198 g/mol. The van der Waals surface area contributed by atoms with Crippen LogP contribution in [0.15, 0.2) is 0 Å². The molecule has 0 spiro atoms. The molecule has 4 amide bonds. The molecule has 0 aliphatic carbocycles. The molecule has 2 aliphatic heterocycles. The lowest BCUT2D eigenvalue weighted by atomic mass is 10.2. The SMILES string of the molecule is CC1(C)NC(=O)N2N1C(=O)NC2(C)C. The Morgan fingerprint density at radius 2 is 1.14 bits per heavy atom. The first-order valence-electron chi connectivity index (χ1n) is 4.50. The highest BCUT2D eigenvalue weighted by Gasteiger charge is 2.57. The average molecular weight is 198 g/mol. The molecule has 78 valence electrons. The minimum atomic E-state index is -0.658. The maximum absolute atomic E-state index is 11.6. The normalized spacial score (nSPS) is 27.4. The van der Waals surface area contributed by atoms with Crippen LogP contribution in [0.3, 0.4) is 0 Å². The molecular weight excluding hydrogens is 184 g/mol. The van der Waals surface area contributed by atoms with Crippen LogP contribution in [-0.4, -0.2) is 33.4 Å². The summed E-state index contributed by atoms with van der Waals surface area (Å²) in [5.74, 6) is 0. The van der Waals surface area contributed by atoms with Gasteiger partial charge in [-0.1, -0.05) is 0 Å². The van der Waals surface area contributed by atoms with E-state index in [0.29, 0.717) is 0 Å². The number of hydrogen-bond acceptors (Lipinski definition) is 2. The van der Waals surface area contributed by atoms with E-state index in [1.807, 2.05) is 0 Å². The summed E-state index contributed by atoms with van der Waals surface area (Å²) in [6.45, 7) is 7.13. The fourth-order valence-corrected chi connectivity index (χ4v) is 1.92. The lowest BCUT2D eigenvalue weighted by Gasteiger charge is -2.31. The molecular formula is C8H14N4O2. The number of nitrogens with zero attached hydrogens (tertiary/aromatic N) is 2. The zero-order chi connectivity index (χ0) is 10.7. The van der Waals surface area contributed by atoms with Gasteiger partial charge in [0, 0.05) is 0 Å². The highest BCUT2D eigenvalue weighted by Crippen LogP contribution is 2.32. The van der Waals surface area contributed by atoms with E-state index in [1.54, 1.807) is 27.7 Å². The summed E-state index contributed by atoms with van der Waals surface area (Å²) >= 11 is 0. The second kappa shape index (κ2) is 2.13. The van der Waals surface area contributed by atoms with E-state index in [2.05, 4.69) is 10.6 Å². The van der Waals surface area contributed by atoms with Gasteiger partial charge in [0.15, 0.2) is 0 Å². The number of amides is 4. The summed E-state index contributed by atoms with van der Waals surface area (Å²) in [4.78, 5) is 23.2. The molecule has 0 radical (unpaired) electrons. The van der Waals surface area contributed by atoms with Crippen LogP contribution in [0.2, 0.25) is 0 Å². The first-order chi connectivity index (χ1) is 6.26. The number of rotatable bonds is 0. The van der Waals surface area contributed by atoms with Gasteiger partial charge in [-0.05, 0) is 27.7 Å². The van der Waals surface area contributed by atoms with Crippen molar-refractivity contribution in [3.8, 4) is 0 Å². The van der Waals surface area contributed by atoms with Crippen molar-refractivity contribution < 1.29 is 9.59 Å². The number of urea groups is 2. The van der Waals surface area contributed by atoms with Crippen LogP contribution < -0.4 is 10.6 Å². The fourth-order valence-electron chi connectivity index (χ4n) is 1.92. The van der Waals surface area contributed by atoms with E-state index < -0.39 is 11.3 Å². The van der Waals surface area contributed by atoms with Gasteiger partial charge in [0.05, 0.1) is 0 Å². The number of hydrogen-bond donors (Lipinski definition) is 2. The number of carbonyl (C=O) groups excluding carboxylic acids is 2. The molecule has 2 N–H and O–H groups in total. The van der Waals surface area contributed by atoms with Crippen molar-refractivity contribution in [1.29, 1.82) is 0 Å². The highest BCUT2D eigenvalue weighted by molar-refractivity contribution is 5.88. The molecule has 2 fully saturated rings. The predicted molar refractivity (Wildman–Crippen MR) is 48.9 cm³/mol. The van der Waals surface area contributed by atoms with Crippen LogP contribution in [0.25, 0.3) is 0 Å². The molecule has 0 saturated carbocycles. The van der Waals surface area contributed by atoms with Crippen LogP contribution in [0.5, 0.6) is 0 Å². The van der Waals surface area contributed by atoms with Gasteiger partial charge in [0.1, 0.15) is 11.3 Å². The Balaban J connectivity index is 2.46. The van der Waals surface area contributed by atoms with Gasteiger partial charge in [-0.3, -0.25) is 0 Å². The van der Waals surface area contributed by atoms with Gasteiger partial charge < -0.3 is 10.6 Å². The zero-order valence-electron chi connectivity index (χ0n) is 8.71. The Hall–Kier alpha value is -1.46. The number of carbonyl (C=O) groups is 2. The molecule has 0 unspecified atom stereocenters. The standard InChI is InChI=1S/C8H14N4O2/c1-7(2)9-5(13)12-8(3,4)10-6(14)11(7)12/h1-4H3,(H,9,13)(H,10,14). The first kappa shape index (κ1) is 9.11. The van der Waals surface area contributed by atoms with Gasteiger partial charge in [-0.2, -0.15) is 0 Å². The largest absolute Gasteiger partial charge is 0.340 e. The van der Waals surface area contributed by atoms with Gasteiger partial charge in [0.2, 0.25) is 0 Å². The Morgan fingerprint density at radius 1 is 0.857 bits per heavy atom. The average Bonchev–Trinajstić information content (AvgIpc) is 2.31. The molecule has 2 heterocycles. The summed E-state index contributed by atoms with van der Waals surface area (Å²) in [6.07, 6.45) is 0. The molecule has 0 bridgehead atoms. The zero-order valence-corrected chi connectivity index (χ0v) is 8.71. The summed E-state index contributed by atoms with van der Waals surface area (Å²) in [6, 6.07) is -0.503. The van der Waals surface area contributed by atoms with E-state index in [1.165, 1.54) is 10.0 Å². The summed E-state index contributed by atoms with van der Waals surface area (Å²) in [5.41, 5.74) is -1.32. The third-order valence-electron chi connectivity index (χ3n) is 2.47. The number of fused-ring (bicyclic) bond motifs is 1. The maximum atomic E-state index is 11.6. The summed E-state index contributed by atoms with van der Waals surface area (Å²) in [5, 5.41) is 8.29. The molecule has 0 aromatic carbocycles. The van der Waals surface area contributed by atoms with E-state index >= 15 is 0 Å². The molecule has 2 saturated heterocycles. The van der Waals surface area contributed by atoms with Gasteiger partial charge >= 0.3 is 12.1 Å². The summed E-state index contributed by atoms with van der Waals surface area (Å²) < 4.78 is 0. The van der Waals surface area contributed by atoms with Gasteiger partial charge in [-0.15, -0.1) is 0 Å². The minimum Gasteiger partial charge on any atom is -0.312 e. The second-order valence-corrected chi connectivity index (χ2v) is 4.60. The van der Waals surface area contributed by atoms with Crippen LogP contribution in [0.4, 0.5) is 9.59 Å². The molecule has 6 heteroatoms. The van der Waals surface area contributed by atoms with Crippen molar-refractivity contribution in [2.24, 2.45) is 0 Å². The van der Waals surface area contributed by atoms with Gasteiger partial charge in [0.25, 0.3) is 0 Å². The fraction of sp³-hybridized carbons (Fsp3) is 0.750. The number of hydrazine groups is 1. The predicted octanol–water partition coefficient (Wildman–Crippen LogP) is 0.424. The Kier molecular flexibility index (Phi) is 1.39. The van der Waals surface area contributed by atoms with E-state index in [-0.39, 0.29) is 12.1 Å². The molecule has 2 rings (SSSR count). The molecule has 2 aliphatic rings. The molecule has 14 heavy (non-hydrogen) atoms. The van der Waals surface area contributed by atoms with Crippen molar-refractivity contribution in [1.82, 2.24) is 20.7 Å². The third-order valence-corrected chi connectivity index (χ3v) is 2.47. The molecule has 0 aromatic rings. The quantitative estimate of drug-likeness (QED) is 0.592. The Morgan fingerprint density at radius 3 is 1.43 bits per heavy atom. The van der Waals surface area contributed by atoms with E-state index in [9.17, 15) is 9.59 Å². The topological polar surface area (TPSA) is 64.7 Å². The molecule has 0 atom stereocenters. The van der Waals surface area contributed by atoms with Crippen LogP contribution in [0, 0.1) is 0 Å². The first-order valence-corrected chi connectivity index (χ1v) is 4.50. The van der Waals surface area contributed by atoms with Crippen LogP contribution in [-0.2, 0) is 0 Å². The van der Waals surface area contributed by atoms with E-state index in [4.69, 9.17) is 0 Å². The maximum Gasteiger partial charge on any atom is 0.340 e. The van der Waals surface area contributed by atoms with Crippen molar-refractivity contribution in [2.45, 2.75) is 39.0 Å². The minimum absolute atomic E-state index is 0.252. The molecule has 0 aromatic heterocycles. The molecule has 6 nitrogen and oxygen atoms in total. The Bertz CT molecular complexity index is 291. The van der Waals surface area contributed by atoms with Crippen LogP contribution in [0.1, 0.15) is 27.7 Å². The number of nitrogens with one attached hydrogen (secondary N) is 2. The second-order valence-electron chi connectivity index (χ2n) is 4.60. The smallest absolute Gasteiger partial charge is 0.312 e. The Labute approximate surface area is 82.2 Å². The lowest BCUT2D eigenvalue weighted by Crippen LogP contribution is -2.50. The van der Waals surface area contributed by atoms with E-state index in [0.717, 1.165) is 0 Å².